The van der Waals surface area contributed by atoms with Crippen molar-refractivity contribution in [3.8, 4) is 5.75 Å². The Labute approximate surface area is 203 Å². The molecule has 0 saturated heterocycles. The van der Waals surface area contributed by atoms with Crippen molar-refractivity contribution in [1.82, 2.24) is 0 Å². The summed E-state index contributed by atoms with van der Waals surface area (Å²) in [5, 5.41) is 0. The topological polar surface area (TPSA) is 9.23 Å². The van der Waals surface area contributed by atoms with Crippen molar-refractivity contribution in [1.29, 1.82) is 0 Å². The summed E-state index contributed by atoms with van der Waals surface area (Å²) in [6.07, 6.45) is 21.8. The van der Waals surface area contributed by atoms with E-state index >= 15 is 0 Å². The first-order valence-electron chi connectivity index (χ1n) is 14.6. The monoisotopic (exact) mass is 456 g/mol. The van der Waals surface area contributed by atoms with Crippen LogP contribution in [0.5, 0.6) is 5.75 Å². The van der Waals surface area contributed by atoms with E-state index in [1.54, 1.807) is 6.07 Å². The second-order valence-electron chi connectivity index (χ2n) is 11.8. The second-order valence-corrected chi connectivity index (χ2v) is 11.8. The van der Waals surface area contributed by atoms with Crippen LogP contribution in [0, 0.1) is 35.4 Å². The third-order valence-corrected chi connectivity index (χ3v) is 9.55. The van der Waals surface area contributed by atoms with E-state index in [4.69, 9.17) is 4.74 Å². The summed E-state index contributed by atoms with van der Waals surface area (Å²) in [4.78, 5) is 0. The molecular weight excluding hydrogens is 407 g/mol. The smallest absolute Gasteiger partial charge is 0.130 e. The van der Waals surface area contributed by atoms with Crippen molar-refractivity contribution in [3.05, 3.63) is 29.6 Å². The number of fused-ring (bicyclic) bond motifs is 1. The molecule has 0 amide bonds. The van der Waals surface area contributed by atoms with Gasteiger partial charge in [-0.25, -0.2) is 4.39 Å². The fourth-order valence-corrected chi connectivity index (χ4v) is 7.48. The van der Waals surface area contributed by atoms with E-state index in [1.807, 2.05) is 12.1 Å². The molecule has 1 aromatic carbocycles. The van der Waals surface area contributed by atoms with Crippen LogP contribution in [0.3, 0.4) is 0 Å². The van der Waals surface area contributed by atoms with E-state index in [9.17, 15) is 4.39 Å². The standard InChI is InChI=1S/C31H49FO/c1-3-5-19-33-29-17-18-30(31(32)22-29)28-16-15-26-20-25(13-14-27(26)21-28)12-11-24-9-7-23(6-4-2)8-10-24/h17-18,22-28H,3-16,19-21H2,1-2H3. The average molecular weight is 457 g/mol. The molecule has 0 spiro atoms. The number of ether oxygens (including phenoxy) is 1. The highest BCUT2D eigenvalue weighted by molar-refractivity contribution is 5.31. The van der Waals surface area contributed by atoms with E-state index in [2.05, 4.69) is 13.8 Å². The molecule has 4 rings (SSSR count). The molecule has 0 heterocycles. The molecule has 3 aliphatic carbocycles. The molecule has 1 nitrogen and oxygen atoms in total. The highest BCUT2D eigenvalue weighted by Crippen LogP contribution is 2.49. The average Bonchev–Trinajstić information content (AvgIpc) is 2.84. The minimum atomic E-state index is -0.0465. The molecule has 0 bridgehead atoms. The van der Waals surface area contributed by atoms with Gasteiger partial charge in [0.25, 0.3) is 0 Å². The lowest BCUT2D eigenvalue weighted by Crippen LogP contribution is -2.31. The van der Waals surface area contributed by atoms with Crippen molar-refractivity contribution >= 4 is 0 Å². The Morgan fingerprint density at radius 1 is 0.758 bits per heavy atom. The van der Waals surface area contributed by atoms with E-state index in [0.29, 0.717) is 18.3 Å². The van der Waals surface area contributed by atoms with Crippen molar-refractivity contribution in [2.24, 2.45) is 29.6 Å². The van der Waals surface area contributed by atoms with Gasteiger partial charge in [0, 0.05) is 6.07 Å². The lowest BCUT2D eigenvalue weighted by molar-refractivity contribution is 0.108. The van der Waals surface area contributed by atoms with Crippen LogP contribution in [0.4, 0.5) is 4.39 Å². The quantitative estimate of drug-likeness (QED) is 0.318. The summed E-state index contributed by atoms with van der Waals surface area (Å²) in [5.74, 6) is 5.80. The summed E-state index contributed by atoms with van der Waals surface area (Å²) >= 11 is 0. The summed E-state index contributed by atoms with van der Waals surface area (Å²) in [6, 6.07) is 5.64. The Bertz CT molecular complexity index is 707. The van der Waals surface area contributed by atoms with Crippen molar-refractivity contribution < 1.29 is 9.13 Å². The van der Waals surface area contributed by atoms with Crippen LogP contribution in [0.15, 0.2) is 18.2 Å². The molecule has 3 aliphatic rings. The fraction of sp³-hybridized carbons (Fsp3) is 0.806. The van der Waals surface area contributed by atoms with Crippen LogP contribution in [-0.2, 0) is 0 Å². The van der Waals surface area contributed by atoms with Crippen LogP contribution >= 0.6 is 0 Å². The third kappa shape index (κ3) is 6.98. The van der Waals surface area contributed by atoms with Gasteiger partial charge in [-0.3, -0.25) is 0 Å². The molecule has 2 heteroatoms. The fourth-order valence-electron chi connectivity index (χ4n) is 7.48. The van der Waals surface area contributed by atoms with E-state index in [1.165, 1.54) is 89.9 Å². The molecule has 3 saturated carbocycles. The summed E-state index contributed by atoms with van der Waals surface area (Å²) in [5.41, 5.74) is 0.942. The second kappa shape index (κ2) is 12.6. The zero-order valence-electron chi connectivity index (χ0n) is 21.5. The molecule has 1 aromatic rings. The predicted octanol–water partition coefficient (Wildman–Crippen LogP) is 9.69. The van der Waals surface area contributed by atoms with Crippen molar-refractivity contribution in [2.75, 3.05) is 6.61 Å². The lowest BCUT2D eigenvalue weighted by Gasteiger charge is -2.43. The number of benzene rings is 1. The molecule has 4 unspecified atom stereocenters. The number of rotatable bonds is 10. The van der Waals surface area contributed by atoms with E-state index < -0.39 is 0 Å². The highest BCUT2D eigenvalue weighted by Gasteiger charge is 2.36. The van der Waals surface area contributed by atoms with Crippen molar-refractivity contribution in [2.45, 2.75) is 122 Å². The molecule has 0 aliphatic heterocycles. The first-order valence-corrected chi connectivity index (χ1v) is 14.6. The maximum absolute atomic E-state index is 14.9. The maximum Gasteiger partial charge on any atom is 0.130 e. The normalized spacial score (nSPS) is 32.3. The molecule has 0 radical (unpaired) electrons. The predicted molar refractivity (Wildman–Crippen MR) is 137 cm³/mol. The zero-order chi connectivity index (χ0) is 23.0. The van der Waals surface area contributed by atoms with Crippen LogP contribution in [0.1, 0.15) is 128 Å². The lowest BCUT2D eigenvalue weighted by atomic mass is 9.63. The Morgan fingerprint density at radius 2 is 1.42 bits per heavy atom. The Morgan fingerprint density at radius 3 is 2.15 bits per heavy atom. The number of unbranched alkanes of at least 4 members (excludes halogenated alkanes) is 1. The van der Waals surface area contributed by atoms with Gasteiger partial charge in [-0.1, -0.05) is 84.1 Å². The minimum Gasteiger partial charge on any atom is -0.493 e. The van der Waals surface area contributed by atoms with Crippen LogP contribution in [0.2, 0.25) is 0 Å². The Hall–Kier alpha value is -1.05. The van der Waals surface area contributed by atoms with Gasteiger partial charge in [0.05, 0.1) is 6.61 Å². The van der Waals surface area contributed by atoms with Gasteiger partial charge in [-0.15, -0.1) is 0 Å². The van der Waals surface area contributed by atoms with Gasteiger partial charge in [0.1, 0.15) is 11.6 Å². The molecule has 3 fully saturated rings. The molecule has 4 atom stereocenters. The summed E-state index contributed by atoms with van der Waals surface area (Å²) in [6.45, 7) is 5.17. The van der Waals surface area contributed by atoms with Gasteiger partial charge < -0.3 is 4.74 Å². The van der Waals surface area contributed by atoms with Gasteiger partial charge in [-0.05, 0) is 85.7 Å². The van der Waals surface area contributed by atoms with Gasteiger partial charge in [0.2, 0.25) is 0 Å². The number of hydrogen-bond acceptors (Lipinski definition) is 1. The zero-order valence-corrected chi connectivity index (χ0v) is 21.5. The largest absolute Gasteiger partial charge is 0.493 e. The van der Waals surface area contributed by atoms with E-state index in [-0.39, 0.29) is 5.82 Å². The first-order chi connectivity index (χ1) is 16.2. The number of halogens is 1. The Kier molecular flexibility index (Phi) is 9.56. The molecular formula is C31H49FO. The molecule has 0 N–H and O–H groups in total. The van der Waals surface area contributed by atoms with Crippen LogP contribution in [-0.4, -0.2) is 6.61 Å². The maximum atomic E-state index is 14.9. The van der Waals surface area contributed by atoms with E-state index in [0.717, 1.165) is 48.0 Å². The van der Waals surface area contributed by atoms with Crippen molar-refractivity contribution in [3.63, 3.8) is 0 Å². The molecule has 186 valence electrons. The van der Waals surface area contributed by atoms with Gasteiger partial charge >= 0.3 is 0 Å². The van der Waals surface area contributed by atoms with Crippen LogP contribution < -0.4 is 4.74 Å². The molecule has 0 aromatic heterocycles. The highest BCUT2D eigenvalue weighted by atomic mass is 19.1. The Balaban J connectivity index is 1.21. The summed E-state index contributed by atoms with van der Waals surface area (Å²) < 4.78 is 20.6. The van der Waals surface area contributed by atoms with Crippen LogP contribution in [0.25, 0.3) is 0 Å². The minimum absolute atomic E-state index is 0.0465. The SMILES string of the molecule is CCCCOc1ccc(C2CCC3CC(CCC4CCC(CCC)CC4)CCC3C2)c(F)c1. The number of hydrogen-bond donors (Lipinski definition) is 0. The van der Waals surface area contributed by atoms with Gasteiger partial charge in [-0.2, -0.15) is 0 Å². The third-order valence-electron chi connectivity index (χ3n) is 9.55. The van der Waals surface area contributed by atoms with Gasteiger partial charge in [0.15, 0.2) is 0 Å². The summed E-state index contributed by atoms with van der Waals surface area (Å²) in [7, 11) is 0. The molecule has 33 heavy (non-hydrogen) atoms. The first kappa shape index (κ1) is 25.1.